The van der Waals surface area contributed by atoms with Crippen LogP contribution in [-0.2, 0) is 13.0 Å². The van der Waals surface area contributed by atoms with E-state index in [2.05, 4.69) is 59.2 Å². The normalized spacial score (nSPS) is 18.0. The molecule has 0 fully saturated rings. The maximum atomic E-state index is 9.95. The smallest absolute Gasteiger partial charge is 0.157 e. The molecule has 0 saturated carbocycles. The summed E-state index contributed by atoms with van der Waals surface area (Å²) in [5, 5.41) is 15.5. The van der Waals surface area contributed by atoms with E-state index in [0.29, 0.717) is 6.04 Å². The molecule has 1 aromatic carbocycles. The monoisotopic (exact) mass is 336 g/mol. The summed E-state index contributed by atoms with van der Waals surface area (Å²) in [5.74, 6) is 0. The molecule has 0 bridgehead atoms. The second-order valence-electron chi connectivity index (χ2n) is 7.06. The molecular weight excluding hydrogens is 312 g/mol. The lowest BCUT2D eigenvalue weighted by molar-refractivity contribution is 0.108. The van der Waals surface area contributed by atoms with Crippen LogP contribution in [0.25, 0.3) is 11.0 Å². The molecule has 0 radical (unpaired) electrons. The minimum absolute atomic E-state index is 0.0547. The van der Waals surface area contributed by atoms with Gasteiger partial charge in [-0.05, 0) is 43.0 Å². The Balaban J connectivity index is 1.60. The van der Waals surface area contributed by atoms with Crippen molar-refractivity contribution in [2.24, 2.45) is 0 Å². The molecule has 1 aliphatic rings. The first-order chi connectivity index (χ1) is 12.2. The number of rotatable bonds is 4. The summed E-state index contributed by atoms with van der Waals surface area (Å²) in [7, 11) is 0. The third-order valence-corrected chi connectivity index (χ3v) is 5.06. The van der Waals surface area contributed by atoms with E-state index in [1.807, 2.05) is 17.1 Å². The molecule has 130 valence electrons. The van der Waals surface area contributed by atoms with E-state index in [4.69, 9.17) is 0 Å². The van der Waals surface area contributed by atoms with Crippen molar-refractivity contribution in [2.45, 2.75) is 38.9 Å². The Kier molecular flexibility index (Phi) is 4.27. The zero-order valence-corrected chi connectivity index (χ0v) is 14.8. The Morgan fingerprint density at radius 1 is 1.24 bits per heavy atom. The van der Waals surface area contributed by atoms with Gasteiger partial charge in [0.05, 0.1) is 18.8 Å². The average Bonchev–Trinajstić information content (AvgIpc) is 3.05. The lowest BCUT2D eigenvalue weighted by Crippen LogP contribution is -2.36. The third-order valence-electron chi connectivity index (χ3n) is 5.06. The van der Waals surface area contributed by atoms with E-state index in [1.165, 1.54) is 11.1 Å². The largest absolute Gasteiger partial charge is 0.394 e. The second kappa shape index (κ2) is 6.58. The lowest BCUT2D eigenvalue weighted by atomic mass is 9.92. The van der Waals surface area contributed by atoms with Gasteiger partial charge in [-0.25, -0.2) is 9.67 Å². The maximum Gasteiger partial charge on any atom is 0.157 e. The average molecular weight is 336 g/mol. The Bertz CT molecular complexity index is 886. The van der Waals surface area contributed by atoms with Crippen molar-refractivity contribution < 1.29 is 5.11 Å². The minimum Gasteiger partial charge on any atom is -0.394 e. The molecule has 0 saturated heterocycles. The molecule has 3 aromatic rings. The van der Waals surface area contributed by atoms with Crippen LogP contribution in [0, 0.1) is 0 Å². The van der Waals surface area contributed by atoms with Crippen molar-refractivity contribution in [2.75, 3.05) is 13.2 Å². The Hall–Kier alpha value is -2.24. The van der Waals surface area contributed by atoms with Crippen LogP contribution in [0.5, 0.6) is 0 Å². The number of benzene rings is 1. The van der Waals surface area contributed by atoms with E-state index in [0.717, 1.165) is 36.1 Å². The van der Waals surface area contributed by atoms with Gasteiger partial charge in [0.25, 0.3) is 0 Å². The van der Waals surface area contributed by atoms with Crippen LogP contribution in [0.4, 0.5) is 0 Å². The van der Waals surface area contributed by atoms with Gasteiger partial charge in [0, 0.05) is 30.7 Å². The van der Waals surface area contributed by atoms with Crippen LogP contribution >= 0.6 is 0 Å². The van der Waals surface area contributed by atoms with Crippen molar-refractivity contribution >= 4 is 11.0 Å². The molecule has 5 nitrogen and oxygen atoms in total. The lowest BCUT2D eigenvalue weighted by Gasteiger charge is -2.36. The topological polar surface area (TPSA) is 54.2 Å². The molecule has 1 N–H and O–H groups in total. The van der Waals surface area contributed by atoms with Crippen LogP contribution < -0.4 is 0 Å². The van der Waals surface area contributed by atoms with Crippen LogP contribution in [-0.4, -0.2) is 37.9 Å². The highest BCUT2D eigenvalue weighted by Gasteiger charge is 2.26. The maximum absolute atomic E-state index is 9.95. The molecule has 0 spiro atoms. The summed E-state index contributed by atoms with van der Waals surface area (Å²) in [6.45, 7) is 6.09. The highest BCUT2D eigenvalue weighted by molar-refractivity contribution is 5.75. The molecule has 2 aromatic heterocycles. The van der Waals surface area contributed by atoms with Gasteiger partial charge in [0.15, 0.2) is 5.65 Å². The minimum atomic E-state index is 0.0547. The molecule has 25 heavy (non-hydrogen) atoms. The second-order valence-corrected chi connectivity index (χ2v) is 7.06. The van der Waals surface area contributed by atoms with Crippen molar-refractivity contribution in [1.82, 2.24) is 19.7 Å². The highest BCUT2D eigenvalue weighted by Crippen LogP contribution is 2.30. The SMILES string of the molecule is CC(C)n1ncc2cc(CN3CCc4ccccc4C3CO)cnc21. The molecule has 1 unspecified atom stereocenters. The van der Waals surface area contributed by atoms with Gasteiger partial charge in [-0.3, -0.25) is 4.90 Å². The van der Waals surface area contributed by atoms with Crippen molar-refractivity contribution in [3.63, 3.8) is 0 Å². The Labute approximate surface area is 147 Å². The number of hydrogen-bond acceptors (Lipinski definition) is 4. The molecule has 5 heteroatoms. The fourth-order valence-corrected chi connectivity index (χ4v) is 3.79. The van der Waals surface area contributed by atoms with Gasteiger partial charge in [-0.15, -0.1) is 0 Å². The number of nitrogens with zero attached hydrogens (tertiary/aromatic N) is 4. The number of aliphatic hydroxyl groups excluding tert-OH is 1. The first-order valence-corrected chi connectivity index (χ1v) is 8.92. The van der Waals surface area contributed by atoms with Crippen molar-refractivity contribution in [3.05, 3.63) is 59.4 Å². The zero-order chi connectivity index (χ0) is 17.4. The number of hydrogen-bond donors (Lipinski definition) is 1. The summed E-state index contributed by atoms with van der Waals surface area (Å²) >= 11 is 0. The van der Waals surface area contributed by atoms with Gasteiger partial charge in [-0.2, -0.15) is 5.10 Å². The molecule has 1 atom stereocenters. The van der Waals surface area contributed by atoms with Gasteiger partial charge < -0.3 is 5.11 Å². The molecule has 1 aliphatic heterocycles. The third kappa shape index (κ3) is 2.94. The number of pyridine rings is 1. The first-order valence-electron chi connectivity index (χ1n) is 8.92. The summed E-state index contributed by atoms with van der Waals surface area (Å²) in [6, 6.07) is 11.0. The summed E-state index contributed by atoms with van der Waals surface area (Å²) in [5.41, 5.74) is 4.69. The van der Waals surface area contributed by atoms with Gasteiger partial charge in [-0.1, -0.05) is 24.3 Å². The molecule has 4 rings (SSSR count). The van der Waals surface area contributed by atoms with Crippen LogP contribution in [0.2, 0.25) is 0 Å². The first kappa shape index (κ1) is 16.2. The summed E-state index contributed by atoms with van der Waals surface area (Å²) in [4.78, 5) is 6.98. The predicted octanol–water partition coefficient (Wildman–Crippen LogP) is 3.10. The number of aromatic nitrogens is 3. The zero-order valence-electron chi connectivity index (χ0n) is 14.8. The van der Waals surface area contributed by atoms with Crippen molar-refractivity contribution in [1.29, 1.82) is 0 Å². The molecule has 0 aliphatic carbocycles. The van der Waals surface area contributed by atoms with E-state index in [-0.39, 0.29) is 12.6 Å². The van der Waals surface area contributed by atoms with Gasteiger partial charge in [0.2, 0.25) is 0 Å². The van der Waals surface area contributed by atoms with Crippen molar-refractivity contribution in [3.8, 4) is 0 Å². The van der Waals surface area contributed by atoms with Crippen LogP contribution in [0.3, 0.4) is 0 Å². The van der Waals surface area contributed by atoms with E-state index < -0.39 is 0 Å². The number of fused-ring (bicyclic) bond motifs is 2. The summed E-state index contributed by atoms with van der Waals surface area (Å²) < 4.78 is 1.95. The van der Waals surface area contributed by atoms with E-state index in [9.17, 15) is 5.11 Å². The Morgan fingerprint density at radius 2 is 2.08 bits per heavy atom. The molecule has 3 heterocycles. The van der Waals surface area contributed by atoms with E-state index >= 15 is 0 Å². The molecule has 0 amide bonds. The van der Waals surface area contributed by atoms with Crippen LogP contribution in [0.15, 0.2) is 42.7 Å². The fraction of sp³-hybridized carbons (Fsp3) is 0.400. The van der Waals surface area contributed by atoms with E-state index in [1.54, 1.807) is 0 Å². The summed E-state index contributed by atoms with van der Waals surface area (Å²) in [6.07, 6.45) is 4.85. The van der Waals surface area contributed by atoms with Gasteiger partial charge in [0.1, 0.15) is 0 Å². The van der Waals surface area contributed by atoms with Crippen LogP contribution in [0.1, 0.15) is 42.6 Å². The number of aliphatic hydroxyl groups is 1. The fourth-order valence-electron chi connectivity index (χ4n) is 3.79. The quantitative estimate of drug-likeness (QED) is 0.795. The van der Waals surface area contributed by atoms with Gasteiger partial charge >= 0.3 is 0 Å². The standard InChI is InChI=1S/C20H24N4O/c1-14(2)24-20-17(11-22-24)9-15(10-21-20)12-23-8-7-16-5-3-4-6-18(16)19(23)13-25/h3-6,9-11,14,19,25H,7-8,12-13H2,1-2H3. The highest BCUT2D eigenvalue weighted by atomic mass is 16.3. The molecular formula is C20H24N4O. The predicted molar refractivity (Wildman–Crippen MR) is 98.3 cm³/mol. The Morgan fingerprint density at radius 3 is 2.88 bits per heavy atom.